The van der Waals surface area contributed by atoms with Crippen LogP contribution in [0.4, 0.5) is 4.39 Å². The Labute approximate surface area is 128 Å². The molecule has 21 heavy (non-hydrogen) atoms. The largest absolute Gasteiger partial charge is 0.311 e. The highest BCUT2D eigenvalue weighted by Crippen LogP contribution is 2.34. The smallest absolute Gasteiger partial charge is 0.123 e. The summed E-state index contributed by atoms with van der Waals surface area (Å²) >= 11 is 0. The summed E-state index contributed by atoms with van der Waals surface area (Å²) in [5.41, 5.74) is 2.20. The van der Waals surface area contributed by atoms with Crippen LogP contribution in [-0.2, 0) is 0 Å². The lowest BCUT2D eigenvalue weighted by molar-refractivity contribution is 0.0861. The average molecular weight is 292 g/mol. The van der Waals surface area contributed by atoms with Gasteiger partial charge in [0.05, 0.1) is 6.04 Å². The molecule has 1 saturated heterocycles. The molecule has 1 N–H and O–H groups in total. The molecule has 0 radical (unpaired) electrons. The highest BCUT2D eigenvalue weighted by Gasteiger charge is 2.36. The van der Waals surface area contributed by atoms with Crippen molar-refractivity contribution in [3.8, 4) is 0 Å². The van der Waals surface area contributed by atoms with Gasteiger partial charge in [0.1, 0.15) is 5.82 Å². The maximum absolute atomic E-state index is 13.7. The quantitative estimate of drug-likeness (QED) is 0.900. The predicted octanol–water partition coefficient (Wildman–Crippen LogP) is 4.05. The van der Waals surface area contributed by atoms with Gasteiger partial charge in [-0.3, -0.25) is 4.90 Å². The Kier molecular flexibility index (Phi) is 5.39. The summed E-state index contributed by atoms with van der Waals surface area (Å²) in [6, 6.07) is 5.25. The van der Waals surface area contributed by atoms with Crippen molar-refractivity contribution in [1.29, 1.82) is 0 Å². The number of nitrogens with one attached hydrogen (secondary N) is 1. The van der Waals surface area contributed by atoms with Gasteiger partial charge in [0.25, 0.3) is 0 Å². The molecule has 1 unspecified atom stereocenters. The Morgan fingerprint density at radius 2 is 1.76 bits per heavy atom. The molecule has 1 atom stereocenters. The Morgan fingerprint density at radius 3 is 2.33 bits per heavy atom. The lowest BCUT2D eigenvalue weighted by Crippen LogP contribution is -2.52. The second-order valence-electron chi connectivity index (χ2n) is 6.78. The van der Waals surface area contributed by atoms with Crippen molar-refractivity contribution >= 4 is 0 Å². The van der Waals surface area contributed by atoms with E-state index in [2.05, 4.69) is 31.0 Å². The summed E-state index contributed by atoms with van der Waals surface area (Å²) in [4.78, 5) is 2.57. The molecule has 1 heterocycles. The highest BCUT2D eigenvalue weighted by atomic mass is 19.1. The summed E-state index contributed by atoms with van der Waals surface area (Å²) in [6.07, 6.45) is 5.19. The van der Waals surface area contributed by atoms with Gasteiger partial charge in [-0.25, -0.2) is 4.39 Å². The van der Waals surface area contributed by atoms with Crippen LogP contribution in [0.3, 0.4) is 0 Å². The third-order valence-corrected chi connectivity index (χ3v) is 4.97. The number of benzene rings is 1. The Hall–Kier alpha value is -0.930. The summed E-state index contributed by atoms with van der Waals surface area (Å²) < 4.78 is 13.7. The molecule has 1 fully saturated rings. The van der Waals surface area contributed by atoms with E-state index in [1.807, 2.05) is 13.1 Å². The third kappa shape index (κ3) is 3.64. The zero-order valence-electron chi connectivity index (χ0n) is 13.9. The minimum absolute atomic E-state index is 0.0301. The predicted molar refractivity (Wildman–Crippen MR) is 87.1 cm³/mol. The van der Waals surface area contributed by atoms with Crippen LogP contribution >= 0.6 is 0 Å². The zero-order chi connectivity index (χ0) is 15.5. The van der Waals surface area contributed by atoms with Gasteiger partial charge in [-0.1, -0.05) is 18.9 Å². The van der Waals surface area contributed by atoms with Gasteiger partial charge in [-0.2, -0.15) is 0 Å². The number of hydrogen-bond donors (Lipinski definition) is 1. The van der Waals surface area contributed by atoms with E-state index in [1.54, 1.807) is 12.1 Å². The SMILES string of the molecule is CNC(c1cc(F)ccc1C)C(C)(C)N1CCCCCC1. The minimum Gasteiger partial charge on any atom is -0.311 e. The van der Waals surface area contributed by atoms with Crippen LogP contribution < -0.4 is 5.32 Å². The summed E-state index contributed by atoms with van der Waals surface area (Å²) in [6.45, 7) is 8.91. The van der Waals surface area contributed by atoms with Crippen molar-refractivity contribution in [1.82, 2.24) is 10.2 Å². The minimum atomic E-state index is -0.150. The molecule has 0 saturated carbocycles. The Bertz CT molecular complexity index is 462. The van der Waals surface area contributed by atoms with Crippen molar-refractivity contribution < 1.29 is 4.39 Å². The van der Waals surface area contributed by atoms with Crippen molar-refractivity contribution in [2.75, 3.05) is 20.1 Å². The van der Waals surface area contributed by atoms with Gasteiger partial charge in [-0.15, -0.1) is 0 Å². The zero-order valence-corrected chi connectivity index (χ0v) is 13.9. The van der Waals surface area contributed by atoms with Gasteiger partial charge in [0.2, 0.25) is 0 Å². The standard InChI is InChI=1S/C18H29FN2/c1-14-9-10-15(19)13-16(14)17(20-4)18(2,3)21-11-7-5-6-8-12-21/h9-10,13,17,20H,5-8,11-12H2,1-4H3. The number of nitrogens with zero attached hydrogens (tertiary/aromatic N) is 1. The molecule has 2 nitrogen and oxygen atoms in total. The Morgan fingerprint density at radius 1 is 1.14 bits per heavy atom. The first-order valence-corrected chi connectivity index (χ1v) is 8.15. The van der Waals surface area contributed by atoms with Crippen LogP contribution in [0, 0.1) is 12.7 Å². The fourth-order valence-corrected chi connectivity index (χ4v) is 3.64. The fraction of sp³-hybridized carbons (Fsp3) is 0.667. The molecule has 3 heteroatoms. The molecule has 118 valence electrons. The van der Waals surface area contributed by atoms with Crippen LogP contribution in [0.1, 0.15) is 56.7 Å². The van der Waals surface area contributed by atoms with E-state index in [1.165, 1.54) is 25.7 Å². The van der Waals surface area contributed by atoms with E-state index >= 15 is 0 Å². The lowest BCUT2D eigenvalue weighted by Gasteiger charge is -2.44. The van der Waals surface area contributed by atoms with Crippen LogP contribution in [0.2, 0.25) is 0 Å². The number of halogens is 1. The first-order valence-electron chi connectivity index (χ1n) is 8.15. The van der Waals surface area contributed by atoms with E-state index in [0.717, 1.165) is 24.2 Å². The molecule has 1 aromatic carbocycles. The average Bonchev–Trinajstić information content (AvgIpc) is 2.72. The normalized spacial score (nSPS) is 19.3. The third-order valence-electron chi connectivity index (χ3n) is 4.97. The molecule has 1 aliphatic heterocycles. The molecular weight excluding hydrogens is 263 g/mol. The number of rotatable bonds is 4. The summed E-state index contributed by atoms with van der Waals surface area (Å²) in [5, 5.41) is 3.44. The van der Waals surface area contributed by atoms with Crippen molar-refractivity contribution in [2.45, 2.75) is 58.0 Å². The van der Waals surface area contributed by atoms with E-state index in [9.17, 15) is 4.39 Å². The molecule has 0 bridgehead atoms. The maximum atomic E-state index is 13.7. The number of likely N-dealkylation sites (tertiary alicyclic amines) is 1. The summed E-state index contributed by atoms with van der Waals surface area (Å²) in [5.74, 6) is -0.150. The fourth-order valence-electron chi connectivity index (χ4n) is 3.64. The number of likely N-dealkylation sites (N-methyl/N-ethyl adjacent to an activating group) is 1. The molecule has 1 aromatic rings. The van der Waals surface area contributed by atoms with Gasteiger partial charge in [-0.05, 0) is 77.0 Å². The van der Waals surface area contributed by atoms with Crippen LogP contribution in [0.25, 0.3) is 0 Å². The molecule has 1 aliphatic rings. The first kappa shape index (κ1) is 16.4. The monoisotopic (exact) mass is 292 g/mol. The van der Waals surface area contributed by atoms with E-state index in [0.29, 0.717) is 0 Å². The molecule has 0 spiro atoms. The van der Waals surface area contributed by atoms with Gasteiger partial charge >= 0.3 is 0 Å². The second-order valence-corrected chi connectivity index (χ2v) is 6.78. The Balaban J connectivity index is 2.31. The van der Waals surface area contributed by atoms with Crippen molar-refractivity contribution in [3.63, 3.8) is 0 Å². The van der Waals surface area contributed by atoms with Crippen LogP contribution in [0.5, 0.6) is 0 Å². The second kappa shape index (κ2) is 6.89. The van der Waals surface area contributed by atoms with E-state index in [-0.39, 0.29) is 17.4 Å². The molecule has 2 rings (SSSR count). The van der Waals surface area contributed by atoms with Gasteiger partial charge in [0, 0.05) is 5.54 Å². The van der Waals surface area contributed by atoms with E-state index in [4.69, 9.17) is 0 Å². The molecule has 0 aromatic heterocycles. The first-order chi connectivity index (χ1) is 9.96. The topological polar surface area (TPSA) is 15.3 Å². The number of hydrogen-bond acceptors (Lipinski definition) is 2. The van der Waals surface area contributed by atoms with Crippen LogP contribution in [-0.4, -0.2) is 30.6 Å². The van der Waals surface area contributed by atoms with Gasteiger partial charge in [0.15, 0.2) is 0 Å². The van der Waals surface area contributed by atoms with Gasteiger partial charge < -0.3 is 5.32 Å². The summed E-state index contributed by atoms with van der Waals surface area (Å²) in [7, 11) is 1.98. The van der Waals surface area contributed by atoms with Crippen molar-refractivity contribution in [3.05, 3.63) is 35.1 Å². The van der Waals surface area contributed by atoms with E-state index < -0.39 is 0 Å². The van der Waals surface area contributed by atoms with Crippen molar-refractivity contribution in [2.24, 2.45) is 0 Å². The molecular formula is C18H29FN2. The highest BCUT2D eigenvalue weighted by molar-refractivity contribution is 5.32. The molecule has 0 aliphatic carbocycles. The number of aryl methyl sites for hydroxylation is 1. The van der Waals surface area contributed by atoms with Crippen LogP contribution in [0.15, 0.2) is 18.2 Å². The molecule has 0 amide bonds. The lowest BCUT2D eigenvalue weighted by atomic mass is 9.84. The maximum Gasteiger partial charge on any atom is 0.123 e.